The van der Waals surface area contributed by atoms with E-state index in [-0.39, 0.29) is 23.8 Å². The lowest BCUT2D eigenvalue weighted by molar-refractivity contribution is -0.138. The highest BCUT2D eigenvalue weighted by Crippen LogP contribution is 2.34. The third-order valence-corrected chi connectivity index (χ3v) is 6.76. The molecule has 1 aromatic heterocycles. The van der Waals surface area contributed by atoms with E-state index in [4.69, 9.17) is 9.47 Å². The normalized spacial score (nSPS) is 19.1. The van der Waals surface area contributed by atoms with Gasteiger partial charge in [0.2, 0.25) is 11.4 Å². The minimum absolute atomic E-state index is 0.0858. The van der Waals surface area contributed by atoms with E-state index >= 15 is 0 Å². The molecule has 0 bridgehead atoms. The van der Waals surface area contributed by atoms with Gasteiger partial charge in [0.05, 0.1) is 18.2 Å². The van der Waals surface area contributed by atoms with Crippen LogP contribution in [0.15, 0.2) is 47.6 Å². The molecule has 0 amide bonds. The molecule has 34 heavy (non-hydrogen) atoms. The number of aromatic nitrogens is 2. The van der Waals surface area contributed by atoms with Crippen LogP contribution in [0.2, 0.25) is 0 Å². The second kappa shape index (κ2) is 9.40. The van der Waals surface area contributed by atoms with E-state index in [1.54, 1.807) is 0 Å². The molecule has 2 N–H and O–H groups in total. The summed E-state index contributed by atoms with van der Waals surface area (Å²) in [5.74, 6) is -3.23. The van der Waals surface area contributed by atoms with Crippen molar-refractivity contribution in [2.45, 2.75) is 23.4 Å². The van der Waals surface area contributed by atoms with E-state index in [9.17, 15) is 30.4 Å². The molecule has 15 heteroatoms. The first kappa shape index (κ1) is 24.3. The summed E-state index contributed by atoms with van der Waals surface area (Å²) in [4.78, 5) is 2.62. The predicted octanol–water partition coefficient (Wildman–Crippen LogP) is 3.70. The fourth-order valence-corrected chi connectivity index (χ4v) is 4.92. The van der Waals surface area contributed by atoms with Crippen molar-refractivity contribution in [1.29, 1.82) is 0 Å². The molecular formula is C19H15F5N4O4S2. The Hall–Kier alpha value is -2.88. The maximum absolute atomic E-state index is 14.7. The highest BCUT2D eigenvalue weighted by molar-refractivity contribution is 7.93. The summed E-state index contributed by atoms with van der Waals surface area (Å²) >= 11 is 0.695. The highest BCUT2D eigenvalue weighted by Gasteiger charge is 2.34. The van der Waals surface area contributed by atoms with Crippen LogP contribution in [0.4, 0.5) is 27.1 Å². The van der Waals surface area contributed by atoms with Gasteiger partial charge in [0.25, 0.3) is 10.0 Å². The lowest BCUT2D eigenvalue weighted by Crippen LogP contribution is -2.45. The molecule has 1 saturated heterocycles. The van der Waals surface area contributed by atoms with Crippen molar-refractivity contribution in [1.82, 2.24) is 14.7 Å². The van der Waals surface area contributed by atoms with Crippen molar-refractivity contribution in [3.05, 3.63) is 65.5 Å². The van der Waals surface area contributed by atoms with Gasteiger partial charge in [0, 0.05) is 30.2 Å². The van der Waals surface area contributed by atoms with Crippen molar-refractivity contribution >= 4 is 26.7 Å². The number of benzene rings is 2. The minimum Gasteiger partial charge on any atom is -0.460 e. The van der Waals surface area contributed by atoms with Crippen molar-refractivity contribution in [3.63, 3.8) is 0 Å². The molecule has 0 aliphatic carbocycles. The quantitative estimate of drug-likeness (QED) is 0.476. The van der Waals surface area contributed by atoms with E-state index in [1.807, 2.05) is 4.72 Å². The first-order chi connectivity index (χ1) is 16.0. The van der Waals surface area contributed by atoms with Gasteiger partial charge in [-0.3, -0.25) is 4.72 Å². The summed E-state index contributed by atoms with van der Waals surface area (Å²) in [7, 11) is -4.52. The van der Waals surface area contributed by atoms with Crippen LogP contribution in [0.1, 0.15) is 17.2 Å². The van der Waals surface area contributed by atoms with Gasteiger partial charge in [-0.05, 0) is 17.7 Å². The Morgan fingerprint density at radius 2 is 1.97 bits per heavy atom. The maximum Gasteiger partial charge on any atom is 0.416 e. The predicted molar refractivity (Wildman–Crippen MR) is 110 cm³/mol. The molecule has 2 unspecified atom stereocenters. The van der Waals surface area contributed by atoms with Gasteiger partial charge in [-0.25, -0.2) is 22.2 Å². The molecule has 3 aromatic rings. The van der Waals surface area contributed by atoms with Crippen LogP contribution in [0.25, 0.3) is 0 Å². The number of alkyl halides is 3. The van der Waals surface area contributed by atoms with Crippen molar-refractivity contribution in [3.8, 4) is 5.75 Å². The molecule has 4 rings (SSSR count). The van der Waals surface area contributed by atoms with Crippen LogP contribution < -0.4 is 14.8 Å². The Labute approximate surface area is 194 Å². The van der Waals surface area contributed by atoms with Crippen molar-refractivity contribution in [2.75, 3.05) is 17.9 Å². The van der Waals surface area contributed by atoms with E-state index in [0.717, 1.165) is 18.5 Å². The summed E-state index contributed by atoms with van der Waals surface area (Å²) in [6, 6.07) is 4.40. The van der Waals surface area contributed by atoms with Crippen molar-refractivity contribution < 1.29 is 39.8 Å². The van der Waals surface area contributed by atoms with Gasteiger partial charge in [-0.1, -0.05) is 12.1 Å². The number of anilines is 1. The topological polar surface area (TPSA) is 102 Å². The Kier molecular flexibility index (Phi) is 6.71. The lowest BCUT2D eigenvalue weighted by atomic mass is 10.0. The van der Waals surface area contributed by atoms with Crippen LogP contribution in [0, 0.1) is 11.6 Å². The molecule has 2 heterocycles. The van der Waals surface area contributed by atoms with Gasteiger partial charge < -0.3 is 14.8 Å². The van der Waals surface area contributed by atoms with Gasteiger partial charge in [0.15, 0.2) is 11.6 Å². The first-order valence-electron chi connectivity index (χ1n) is 9.52. The number of hydrogen-bond donors (Lipinski definition) is 2. The Morgan fingerprint density at radius 1 is 1.18 bits per heavy atom. The average Bonchev–Trinajstić information content (AvgIpc) is 3.28. The summed E-state index contributed by atoms with van der Waals surface area (Å²) in [5, 5.41) is 2.78. The molecule has 8 nitrogen and oxygen atoms in total. The molecular weight excluding hydrogens is 507 g/mol. The van der Waals surface area contributed by atoms with E-state index in [0.29, 0.717) is 23.7 Å². The van der Waals surface area contributed by atoms with Gasteiger partial charge in [-0.15, -0.1) is 0 Å². The molecule has 2 aromatic carbocycles. The highest BCUT2D eigenvalue weighted by atomic mass is 32.2. The van der Waals surface area contributed by atoms with Crippen LogP contribution in [0.5, 0.6) is 5.75 Å². The number of halogens is 5. The van der Waals surface area contributed by atoms with Crippen molar-refractivity contribution in [2.24, 2.45) is 0 Å². The number of rotatable bonds is 6. The summed E-state index contributed by atoms with van der Waals surface area (Å²) in [6.45, 7) is 0.356. The first-order valence-corrected chi connectivity index (χ1v) is 11.8. The maximum atomic E-state index is 14.7. The van der Waals surface area contributed by atoms with E-state index in [1.165, 1.54) is 12.1 Å². The summed E-state index contributed by atoms with van der Waals surface area (Å²) < 4.78 is 110. The number of ether oxygens (including phenoxy) is 2. The Bertz CT molecular complexity index is 1270. The molecule has 2 atom stereocenters. The Balaban J connectivity index is 1.59. The SMILES string of the molecule is O=S(=O)(Nc1ncns1)c1cc(F)c(OC2OCCNC2c2cccc(C(F)(F)F)c2)cc1F. The molecule has 1 fully saturated rings. The number of morpholine rings is 1. The smallest absolute Gasteiger partial charge is 0.416 e. The molecule has 1 aliphatic heterocycles. The second-order valence-electron chi connectivity index (χ2n) is 6.98. The zero-order valence-corrected chi connectivity index (χ0v) is 18.5. The monoisotopic (exact) mass is 522 g/mol. The zero-order chi connectivity index (χ0) is 24.5. The largest absolute Gasteiger partial charge is 0.460 e. The van der Waals surface area contributed by atoms with Gasteiger partial charge in [-0.2, -0.15) is 17.5 Å². The molecule has 0 saturated carbocycles. The third-order valence-electron chi connectivity index (χ3n) is 4.70. The fraction of sp³-hybridized carbons (Fsp3) is 0.263. The zero-order valence-electron chi connectivity index (χ0n) is 16.8. The van der Waals surface area contributed by atoms with E-state index < -0.39 is 56.4 Å². The third kappa shape index (κ3) is 5.27. The Morgan fingerprint density at radius 3 is 2.68 bits per heavy atom. The minimum atomic E-state index is -4.58. The fourth-order valence-electron chi connectivity index (χ4n) is 3.19. The standard InChI is InChI=1S/C19H15F5N4O4S2/c20-12-8-15(34(29,30)28-18-26-9-27-33-18)13(21)7-14(12)32-17-16(25-4-5-31-17)10-2-1-3-11(6-10)19(22,23)24/h1-3,6-9,16-17,25H,4-5H2,(H,26,27,28). The summed E-state index contributed by atoms with van der Waals surface area (Å²) in [6.07, 6.45) is -4.83. The summed E-state index contributed by atoms with van der Waals surface area (Å²) in [5.41, 5.74) is -0.744. The molecule has 0 radical (unpaired) electrons. The van der Waals surface area contributed by atoms with E-state index in [2.05, 4.69) is 14.7 Å². The lowest BCUT2D eigenvalue weighted by Gasteiger charge is -2.33. The average molecular weight is 522 g/mol. The van der Waals surface area contributed by atoms with Crippen LogP contribution in [-0.2, 0) is 20.9 Å². The second-order valence-corrected chi connectivity index (χ2v) is 9.41. The van der Waals surface area contributed by atoms with Gasteiger partial charge in [0.1, 0.15) is 17.0 Å². The number of nitrogens with one attached hydrogen (secondary N) is 2. The van der Waals surface area contributed by atoms with Crippen LogP contribution in [0.3, 0.4) is 0 Å². The number of sulfonamides is 1. The van der Waals surface area contributed by atoms with Crippen LogP contribution in [-0.4, -0.2) is 37.2 Å². The van der Waals surface area contributed by atoms with Gasteiger partial charge >= 0.3 is 6.18 Å². The number of nitrogens with zero attached hydrogens (tertiary/aromatic N) is 2. The number of hydrogen-bond acceptors (Lipinski definition) is 8. The molecule has 182 valence electrons. The molecule has 1 aliphatic rings. The van der Waals surface area contributed by atoms with Crippen LogP contribution >= 0.6 is 11.5 Å². The molecule has 0 spiro atoms.